The number of urea groups is 1. The van der Waals surface area contributed by atoms with Crippen LogP contribution in [0.2, 0.25) is 5.02 Å². The molecule has 1 atom stereocenters. The molecule has 1 fully saturated rings. The van der Waals surface area contributed by atoms with Crippen LogP contribution in [-0.2, 0) is 0 Å². The Morgan fingerprint density at radius 2 is 2.16 bits per heavy atom. The van der Waals surface area contributed by atoms with Gasteiger partial charge in [-0.3, -0.25) is 0 Å². The SMILES string of the molecule is Cc1cc(OC2CCCN(C(=O)Nc3cccc(Cl)c3)C2)nc(C)n1. The van der Waals surface area contributed by atoms with Crippen LogP contribution in [0.25, 0.3) is 0 Å². The third-order valence-electron chi connectivity index (χ3n) is 3.97. The molecule has 2 heterocycles. The molecule has 3 rings (SSSR count). The molecule has 1 saturated heterocycles. The van der Waals surface area contributed by atoms with E-state index in [1.165, 1.54) is 0 Å². The van der Waals surface area contributed by atoms with Crippen molar-refractivity contribution >= 4 is 23.3 Å². The fourth-order valence-electron chi connectivity index (χ4n) is 2.90. The van der Waals surface area contributed by atoms with Crippen molar-refractivity contribution in [1.29, 1.82) is 0 Å². The molecule has 0 radical (unpaired) electrons. The molecule has 2 amide bonds. The first-order valence-electron chi connectivity index (χ1n) is 8.30. The van der Waals surface area contributed by atoms with Crippen molar-refractivity contribution in [1.82, 2.24) is 14.9 Å². The zero-order valence-corrected chi connectivity index (χ0v) is 15.1. The van der Waals surface area contributed by atoms with Gasteiger partial charge in [-0.15, -0.1) is 0 Å². The number of likely N-dealkylation sites (tertiary alicyclic amines) is 1. The van der Waals surface area contributed by atoms with E-state index in [1.54, 1.807) is 23.1 Å². The number of anilines is 1. The summed E-state index contributed by atoms with van der Waals surface area (Å²) < 4.78 is 5.97. The molecule has 0 spiro atoms. The molecule has 1 unspecified atom stereocenters. The molecule has 1 aliphatic heterocycles. The number of carbonyl (C=O) groups is 1. The van der Waals surface area contributed by atoms with Gasteiger partial charge in [-0.25, -0.2) is 9.78 Å². The van der Waals surface area contributed by atoms with E-state index < -0.39 is 0 Å². The van der Waals surface area contributed by atoms with Gasteiger partial charge in [-0.05, 0) is 44.9 Å². The van der Waals surface area contributed by atoms with Gasteiger partial charge < -0.3 is 15.0 Å². The number of nitrogens with one attached hydrogen (secondary N) is 1. The zero-order chi connectivity index (χ0) is 17.8. The molecule has 0 bridgehead atoms. The standard InChI is InChI=1S/C18H21ClN4O2/c1-12-9-17(21-13(2)20-12)25-16-7-4-8-23(11-16)18(24)22-15-6-3-5-14(19)10-15/h3,5-6,9-10,16H,4,7-8,11H2,1-2H3,(H,22,24). The van der Waals surface area contributed by atoms with E-state index in [1.807, 2.05) is 26.0 Å². The van der Waals surface area contributed by atoms with Crippen LogP contribution in [0.3, 0.4) is 0 Å². The number of ether oxygens (including phenoxy) is 1. The van der Waals surface area contributed by atoms with Crippen LogP contribution in [-0.4, -0.2) is 40.1 Å². The van der Waals surface area contributed by atoms with Gasteiger partial charge in [-0.2, -0.15) is 4.98 Å². The van der Waals surface area contributed by atoms with Crippen LogP contribution in [0.5, 0.6) is 5.88 Å². The third-order valence-corrected chi connectivity index (χ3v) is 4.21. The van der Waals surface area contributed by atoms with Gasteiger partial charge in [0.15, 0.2) is 0 Å². The number of aromatic nitrogens is 2. The maximum absolute atomic E-state index is 12.5. The number of hydrogen-bond acceptors (Lipinski definition) is 4. The van der Waals surface area contributed by atoms with Crippen molar-refractivity contribution < 1.29 is 9.53 Å². The maximum atomic E-state index is 12.5. The van der Waals surface area contributed by atoms with Crippen molar-refractivity contribution in [3.63, 3.8) is 0 Å². The lowest BCUT2D eigenvalue weighted by atomic mass is 10.1. The monoisotopic (exact) mass is 360 g/mol. The molecule has 6 nitrogen and oxygen atoms in total. The van der Waals surface area contributed by atoms with Gasteiger partial charge in [0, 0.05) is 29.0 Å². The first-order valence-corrected chi connectivity index (χ1v) is 8.68. The maximum Gasteiger partial charge on any atom is 0.321 e. The minimum Gasteiger partial charge on any atom is -0.472 e. The predicted molar refractivity (Wildman–Crippen MR) is 97.2 cm³/mol. The number of hydrogen-bond donors (Lipinski definition) is 1. The number of rotatable bonds is 3. The Hall–Kier alpha value is -2.34. The summed E-state index contributed by atoms with van der Waals surface area (Å²) >= 11 is 5.96. The molecular formula is C18H21ClN4O2. The number of nitrogens with zero attached hydrogens (tertiary/aromatic N) is 3. The van der Waals surface area contributed by atoms with E-state index in [-0.39, 0.29) is 12.1 Å². The van der Waals surface area contributed by atoms with E-state index in [9.17, 15) is 4.79 Å². The van der Waals surface area contributed by atoms with Crippen LogP contribution in [0.4, 0.5) is 10.5 Å². The Balaban J connectivity index is 1.61. The fourth-order valence-corrected chi connectivity index (χ4v) is 3.09. The van der Waals surface area contributed by atoms with Crippen LogP contribution in [0.15, 0.2) is 30.3 Å². The second-order valence-corrected chi connectivity index (χ2v) is 6.60. The predicted octanol–water partition coefficient (Wildman–Crippen LogP) is 3.82. The summed E-state index contributed by atoms with van der Waals surface area (Å²) in [5.41, 5.74) is 1.55. The Bertz CT molecular complexity index is 748. The smallest absolute Gasteiger partial charge is 0.321 e. The van der Waals surface area contributed by atoms with E-state index in [4.69, 9.17) is 16.3 Å². The van der Waals surface area contributed by atoms with E-state index in [0.29, 0.717) is 35.5 Å². The third kappa shape index (κ3) is 4.82. The highest BCUT2D eigenvalue weighted by Crippen LogP contribution is 2.20. The Morgan fingerprint density at radius 1 is 1.32 bits per heavy atom. The average molecular weight is 361 g/mol. The minimum atomic E-state index is -0.148. The second kappa shape index (κ2) is 7.70. The second-order valence-electron chi connectivity index (χ2n) is 6.16. The molecule has 132 valence electrons. The molecule has 25 heavy (non-hydrogen) atoms. The molecular weight excluding hydrogens is 340 g/mol. The molecule has 1 aromatic carbocycles. The summed E-state index contributed by atoms with van der Waals surface area (Å²) in [7, 11) is 0. The lowest BCUT2D eigenvalue weighted by molar-refractivity contribution is 0.102. The molecule has 7 heteroatoms. The highest BCUT2D eigenvalue weighted by Gasteiger charge is 2.25. The number of amides is 2. The van der Waals surface area contributed by atoms with Crippen molar-refractivity contribution in [3.8, 4) is 5.88 Å². The van der Waals surface area contributed by atoms with Crippen molar-refractivity contribution in [2.75, 3.05) is 18.4 Å². The summed E-state index contributed by atoms with van der Waals surface area (Å²) in [6.45, 7) is 4.97. The van der Waals surface area contributed by atoms with E-state index in [2.05, 4.69) is 15.3 Å². The van der Waals surface area contributed by atoms with Crippen molar-refractivity contribution in [2.24, 2.45) is 0 Å². The molecule has 1 aromatic heterocycles. The lowest BCUT2D eigenvalue weighted by Crippen LogP contribution is -2.46. The van der Waals surface area contributed by atoms with E-state index >= 15 is 0 Å². The minimum absolute atomic E-state index is 0.0763. The van der Waals surface area contributed by atoms with Gasteiger partial charge in [0.1, 0.15) is 11.9 Å². The van der Waals surface area contributed by atoms with Gasteiger partial charge >= 0.3 is 6.03 Å². The van der Waals surface area contributed by atoms with Crippen molar-refractivity contribution in [3.05, 3.63) is 46.9 Å². The highest BCUT2D eigenvalue weighted by atomic mass is 35.5. The molecule has 0 saturated carbocycles. The molecule has 2 aromatic rings. The van der Waals surface area contributed by atoms with Crippen LogP contribution >= 0.6 is 11.6 Å². The number of carbonyl (C=O) groups excluding carboxylic acids is 1. The Morgan fingerprint density at radius 3 is 2.92 bits per heavy atom. The van der Waals surface area contributed by atoms with Crippen LogP contribution in [0, 0.1) is 13.8 Å². The number of aryl methyl sites for hydroxylation is 2. The number of benzene rings is 1. The van der Waals surface area contributed by atoms with Crippen LogP contribution < -0.4 is 10.1 Å². The quantitative estimate of drug-likeness (QED) is 0.903. The zero-order valence-electron chi connectivity index (χ0n) is 14.3. The number of piperidine rings is 1. The van der Waals surface area contributed by atoms with Gasteiger partial charge in [0.05, 0.1) is 6.54 Å². The average Bonchev–Trinajstić information content (AvgIpc) is 2.54. The van der Waals surface area contributed by atoms with E-state index in [0.717, 1.165) is 18.5 Å². The van der Waals surface area contributed by atoms with Gasteiger partial charge in [0.25, 0.3) is 0 Å². The normalized spacial score (nSPS) is 17.2. The topological polar surface area (TPSA) is 67.3 Å². The Kier molecular flexibility index (Phi) is 5.38. The van der Waals surface area contributed by atoms with Gasteiger partial charge in [0.2, 0.25) is 5.88 Å². The largest absolute Gasteiger partial charge is 0.472 e. The number of halogens is 1. The fraction of sp³-hybridized carbons (Fsp3) is 0.389. The summed E-state index contributed by atoms with van der Waals surface area (Å²) in [6, 6.07) is 8.79. The molecule has 1 N–H and O–H groups in total. The molecule has 1 aliphatic rings. The lowest BCUT2D eigenvalue weighted by Gasteiger charge is -2.32. The van der Waals surface area contributed by atoms with Crippen molar-refractivity contribution in [2.45, 2.75) is 32.8 Å². The summed E-state index contributed by atoms with van der Waals surface area (Å²) in [5.74, 6) is 1.24. The molecule has 0 aliphatic carbocycles. The summed E-state index contributed by atoms with van der Waals surface area (Å²) in [6.07, 6.45) is 1.70. The first kappa shape index (κ1) is 17.5. The van der Waals surface area contributed by atoms with Gasteiger partial charge in [-0.1, -0.05) is 17.7 Å². The Labute approximate surface area is 152 Å². The first-order chi connectivity index (χ1) is 12.0. The van der Waals surface area contributed by atoms with Crippen LogP contribution in [0.1, 0.15) is 24.4 Å². The highest BCUT2D eigenvalue weighted by molar-refractivity contribution is 6.30. The summed E-state index contributed by atoms with van der Waals surface area (Å²) in [5, 5.41) is 3.47. The summed E-state index contributed by atoms with van der Waals surface area (Å²) in [4.78, 5) is 22.8.